The summed E-state index contributed by atoms with van der Waals surface area (Å²) < 4.78 is 2.09. The molecule has 0 aliphatic carbocycles. The van der Waals surface area contributed by atoms with Gasteiger partial charge in [-0.3, -0.25) is 0 Å². The van der Waals surface area contributed by atoms with E-state index in [2.05, 4.69) is 29.5 Å². The highest BCUT2D eigenvalue weighted by atomic mass is 35.5. The fourth-order valence-corrected chi connectivity index (χ4v) is 1.77. The summed E-state index contributed by atoms with van der Waals surface area (Å²) in [5.74, 6) is 0. The normalized spacial score (nSPS) is 12.1. The number of nitrogens with zero attached hydrogens (tertiary/aromatic N) is 1. The molecule has 0 radical (unpaired) electrons. The molecular weight excluding hydrogens is 208 g/mol. The maximum atomic E-state index is 5.94. The first-order valence-corrected chi connectivity index (χ1v) is 4.66. The van der Waals surface area contributed by atoms with Crippen LogP contribution in [0.4, 0.5) is 0 Å². The number of aryl methyl sites for hydroxylation is 1. The van der Waals surface area contributed by atoms with E-state index < -0.39 is 0 Å². The molecule has 2 nitrogen and oxygen atoms in total. The first-order valence-electron chi connectivity index (χ1n) is 4.66. The molecule has 0 bridgehead atoms. The van der Waals surface area contributed by atoms with Gasteiger partial charge in [0.1, 0.15) is 0 Å². The second-order valence-electron chi connectivity index (χ2n) is 3.47. The van der Waals surface area contributed by atoms with Gasteiger partial charge in [0.05, 0.1) is 0 Å². The third kappa shape index (κ3) is 1.91. The van der Waals surface area contributed by atoms with E-state index in [1.807, 2.05) is 19.2 Å². The largest absolute Gasteiger partial charge is 0.350 e. The molecule has 0 fully saturated rings. The Morgan fingerprint density at radius 2 is 2.07 bits per heavy atom. The van der Waals surface area contributed by atoms with Crippen molar-refractivity contribution < 1.29 is 0 Å². The van der Waals surface area contributed by atoms with Crippen molar-refractivity contribution >= 4 is 23.3 Å². The number of aromatic nitrogens is 1. The van der Waals surface area contributed by atoms with Crippen LogP contribution in [0.1, 0.15) is 11.6 Å². The molecule has 0 saturated carbocycles. The molecule has 1 aromatic carbocycles. The second kappa shape index (κ2) is 4.51. The monoisotopic (exact) mass is 222 g/mol. The number of nitrogens with two attached hydrogens (primary N) is 1. The quantitative estimate of drug-likeness (QED) is 0.779. The van der Waals surface area contributed by atoms with Gasteiger partial charge in [-0.25, -0.2) is 0 Å². The van der Waals surface area contributed by atoms with E-state index in [0.717, 1.165) is 5.56 Å². The van der Waals surface area contributed by atoms with Gasteiger partial charge >= 0.3 is 0 Å². The van der Waals surface area contributed by atoms with E-state index in [0.29, 0.717) is 0 Å². The minimum atomic E-state index is -0.0823. The smallest absolute Gasteiger partial charge is 0.0499 e. The Kier molecular flexibility index (Phi) is 3.56. The average molecular weight is 223 g/mol. The minimum Gasteiger partial charge on any atom is -0.350 e. The van der Waals surface area contributed by atoms with Crippen LogP contribution in [0, 0.1) is 0 Å². The SMILES string of the molecule is C=C[C@H](N)c1cn(C)c2ccccc12.Cl. The lowest BCUT2D eigenvalue weighted by atomic mass is 10.1. The molecule has 3 heteroatoms. The van der Waals surface area contributed by atoms with Crippen LogP contribution in [0.15, 0.2) is 43.1 Å². The standard InChI is InChI=1S/C12H14N2.ClH/c1-3-11(13)10-8-14(2)12-7-5-4-6-9(10)12;/h3-8,11H,1,13H2,2H3;1H/t11-;/m0./s1. The van der Waals surface area contributed by atoms with Crippen LogP contribution >= 0.6 is 12.4 Å². The van der Waals surface area contributed by atoms with E-state index in [1.165, 1.54) is 10.9 Å². The van der Waals surface area contributed by atoms with Gasteiger partial charge in [0, 0.05) is 30.2 Å². The van der Waals surface area contributed by atoms with Crippen LogP contribution in [-0.2, 0) is 7.05 Å². The van der Waals surface area contributed by atoms with Crippen molar-refractivity contribution in [3.8, 4) is 0 Å². The molecule has 0 amide bonds. The number of rotatable bonds is 2. The molecule has 2 aromatic rings. The fraction of sp³-hybridized carbons (Fsp3) is 0.167. The number of hydrogen-bond acceptors (Lipinski definition) is 1. The lowest BCUT2D eigenvalue weighted by molar-refractivity contribution is 0.893. The van der Waals surface area contributed by atoms with Crippen molar-refractivity contribution in [2.75, 3.05) is 0 Å². The van der Waals surface area contributed by atoms with E-state index in [-0.39, 0.29) is 18.4 Å². The molecule has 0 aliphatic rings. The summed E-state index contributed by atoms with van der Waals surface area (Å²) in [6.45, 7) is 3.72. The number of halogens is 1. The number of fused-ring (bicyclic) bond motifs is 1. The summed E-state index contributed by atoms with van der Waals surface area (Å²) in [5.41, 5.74) is 8.29. The van der Waals surface area contributed by atoms with Crippen LogP contribution in [0.3, 0.4) is 0 Å². The molecule has 1 heterocycles. The predicted octanol–water partition coefficient (Wildman–Crippen LogP) is 2.79. The van der Waals surface area contributed by atoms with Crippen molar-refractivity contribution in [2.24, 2.45) is 12.8 Å². The highest BCUT2D eigenvalue weighted by Gasteiger charge is 2.09. The van der Waals surface area contributed by atoms with Crippen molar-refractivity contribution in [1.82, 2.24) is 4.57 Å². The predicted molar refractivity (Wildman–Crippen MR) is 67.3 cm³/mol. The summed E-state index contributed by atoms with van der Waals surface area (Å²) in [5, 5.41) is 1.21. The van der Waals surface area contributed by atoms with Gasteiger partial charge in [0.2, 0.25) is 0 Å². The van der Waals surface area contributed by atoms with E-state index >= 15 is 0 Å². The Morgan fingerprint density at radius 1 is 1.40 bits per heavy atom. The van der Waals surface area contributed by atoms with Gasteiger partial charge in [-0.15, -0.1) is 19.0 Å². The molecule has 0 spiro atoms. The molecule has 0 saturated heterocycles. The molecule has 2 rings (SSSR count). The Labute approximate surface area is 95.8 Å². The summed E-state index contributed by atoms with van der Waals surface area (Å²) in [7, 11) is 2.03. The number of benzene rings is 1. The molecule has 15 heavy (non-hydrogen) atoms. The maximum Gasteiger partial charge on any atom is 0.0499 e. The van der Waals surface area contributed by atoms with Crippen molar-refractivity contribution in [3.05, 3.63) is 48.7 Å². The Morgan fingerprint density at radius 3 is 2.73 bits per heavy atom. The molecule has 80 valence electrons. The lowest BCUT2D eigenvalue weighted by Crippen LogP contribution is -2.05. The zero-order chi connectivity index (χ0) is 10.1. The second-order valence-corrected chi connectivity index (χ2v) is 3.47. The molecule has 0 unspecified atom stereocenters. The minimum absolute atomic E-state index is 0. The topological polar surface area (TPSA) is 30.9 Å². The first kappa shape index (κ1) is 11.8. The van der Waals surface area contributed by atoms with Gasteiger partial charge in [0.25, 0.3) is 0 Å². The van der Waals surface area contributed by atoms with E-state index in [9.17, 15) is 0 Å². The van der Waals surface area contributed by atoms with E-state index in [4.69, 9.17) is 5.73 Å². The Hall–Kier alpha value is -1.25. The van der Waals surface area contributed by atoms with Crippen molar-refractivity contribution in [2.45, 2.75) is 6.04 Å². The van der Waals surface area contributed by atoms with Crippen LogP contribution in [-0.4, -0.2) is 4.57 Å². The highest BCUT2D eigenvalue weighted by molar-refractivity contribution is 5.85. The van der Waals surface area contributed by atoms with Gasteiger partial charge in [-0.2, -0.15) is 0 Å². The summed E-state index contributed by atoms with van der Waals surface area (Å²) in [4.78, 5) is 0. The maximum absolute atomic E-state index is 5.94. The zero-order valence-electron chi connectivity index (χ0n) is 8.68. The van der Waals surface area contributed by atoms with Gasteiger partial charge in [0.15, 0.2) is 0 Å². The Bertz CT molecular complexity index is 473. The molecular formula is C12H15ClN2. The van der Waals surface area contributed by atoms with Gasteiger partial charge in [-0.05, 0) is 11.6 Å². The first-order chi connectivity index (χ1) is 6.74. The average Bonchev–Trinajstić information content (AvgIpc) is 2.56. The van der Waals surface area contributed by atoms with Crippen LogP contribution in [0.2, 0.25) is 0 Å². The van der Waals surface area contributed by atoms with Crippen LogP contribution in [0.25, 0.3) is 10.9 Å². The molecule has 2 N–H and O–H groups in total. The van der Waals surface area contributed by atoms with Gasteiger partial charge in [-0.1, -0.05) is 24.3 Å². The number of para-hydroxylation sites is 1. The van der Waals surface area contributed by atoms with Crippen molar-refractivity contribution in [1.29, 1.82) is 0 Å². The lowest BCUT2D eigenvalue weighted by Gasteiger charge is -2.02. The number of hydrogen-bond donors (Lipinski definition) is 1. The molecule has 1 atom stereocenters. The van der Waals surface area contributed by atoms with Crippen LogP contribution in [0.5, 0.6) is 0 Å². The third-order valence-electron chi connectivity index (χ3n) is 2.54. The van der Waals surface area contributed by atoms with E-state index in [1.54, 1.807) is 6.08 Å². The van der Waals surface area contributed by atoms with Crippen molar-refractivity contribution in [3.63, 3.8) is 0 Å². The third-order valence-corrected chi connectivity index (χ3v) is 2.54. The van der Waals surface area contributed by atoms with Crippen LogP contribution < -0.4 is 5.73 Å². The van der Waals surface area contributed by atoms with Gasteiger partial charge < -0.3 is 10.3 Å². The summed E-state index contributed by atoms with van der Waals surface area (Å²) in [6, 6.07) is 8.16. The summed E-state index contributed by atoms with van der Waals surface area (Å²) in [6.07, 6.45) is 3.83. The fourth-order valence-electron chi connectivity index (χ4n) is 1.77. The molecule has 1 aromatic heterocycles. The molecule has 0 aliphatic heterocycles. The highest BCUT2D eigenvalue weighted by Crippen LogP contribution is 2.24. The Balaban J connectivity index is 0.00000112. The summed E-state index contributed by atoms with van der Waals surface area (Å²) >= 11 is 0. The zero-order valence-corrected chi connectivity index (χ0v) is 9.50.